The highest BCUT2D eigenvalue weighted by Crippen LogP contribution is 2.34. The lowest BCUT2D eigenvalue weighted by molar-refractivity contribution is -0.138. The highest BCUT2D eigenvalue weighted by atomic mass is 32.1. The molecule has 1 heterocycles. The van der Waals surface area contributed by atoms with Crippen LogP contribution in [0.15, 0.2) is 54.9 Å². The molecule has 0 bridgehead atoms. The molecule has 158 valence electrons. The van der Waals surface area contributed by atoms with Crippen LogP contribution in [-0.2, 0) is 18.9 Å². The number of thiocarbonyl (C=S) groups is 1. The largest absolute Gasteiger partial charge is 0.418 e. The van der Waals surface area contributed by atoms with Gasteiger partial charge in [0.05, 0.1) is 23.4 Å². The molecule has 1 aromatic heterocycles. The number of anilines is 2. The maximum atomic E-state index is 13.0. The van der Waals surface area contributed by atoms with Crippen LogP contribution < -0.4 is 10.6 Å². The molecule has 0 aliphatic rings. The van der Waals surface area contributed by atoms with Gasteiger partial charge in [-0.15, -0.1) is 5.10 Å². The molecule has 2 N–H and O–H groups in total. The summed E-state index contributed by atoms with van der Waals surface area (Å²) >= 11 is 4.99. The standard InChI is InChI=1S/C18H13F6N5S/c19-17(20,21)12-5-3-4-11(8-12)9-29-10-25-15(28-29)27-16(30)26-14-7-2-1-6-13(14)18(22,23)24/h1-8,10H,9H2,(H2,26,27,28,30). The van der Waals surface area contributed by atoms with Crippen LogP contribution in [0.5, 0.6) is 0 Å². The summed E-state index contributed by atoms with van der Waals surface area (Å²) in [5.74, 6) is -0.0241. The molecule has 0 spiro atoms. The molecule has 0 atom stereocenters. The van der Waals surface area contributed by atoms with E-state index in [0.29, 0.717) is 5.56 Å². The molecule has 12 heteroatoms. The number of halogens is 6. The predicted molar refractivity (Wildman–Crippen MR) is 102 cm³/mol. The van der Waals surface area contributed by atoms with Crippen LogP contribution in [0.4, 0.5) is 38.0 Å². The first-order valence-electron chi connectivity index (χ1n) is 8.32. The number of para-hydroxylation sites is 1. The zero-order valence-electron chi connectivity index (χ0n) is 14.9. The van der Waals surface area contributed by atoms with E-state index in [1.54, 1.807) is 0 Å². The number of nitrogens with zero attached hydrogens (tertiary/aromatic N) is 3. The number of alkyl halides is 6. The van der Waals surface area contributed by atoms with Crippen LogP contribution in [0.25, 0.3) is 0 Å². The Morgan fingerprint density at radius 3 is 2.37 bits per heavy atom. The van der Waals surface area contributed by atoms with Crippen molar-refractivity contribution in [2.24, 2.45) is 0 Å². The first-order valence-corrected chi connectivity index (χ1v) is 8.73. The van der Waals surface area contributed by atoms with E-state index in [4.69, 9.17) is 12.2 Å². The van der Waals surface area contributed by atoms with Gasteiger partial charge >= 0.3 is 12.4 Å². The number of benzene rings is 2. The molecule has 0 aliphatic heterocycles. The van der Waals surface area contributed by atoms with Gasteiger partial charge in [-0.2, -0.15) is 26.3 Å². The van der Waals surface area contributed by atoms with Gasteiger partial charge in [0.2, 0.25) is 5.95 Å². The van der Waals surface area contributed by atoms with Gasteiger partial charge in [-0.05, 0) is 42.0 Å². The number of nitrogens with one attached hydrogen (secondary N) is 2. The SMILES string of the molecule is FC(F)(F)c1cccc(Cn2cnc(NC(=S)Nc3ccccc3C(F)(F)F)n2)c1. The van der Waals surface area contributed by atoms with Gasteiger partial charge in [-0.25, -0.2) is 9.67 Å². The first-order chi connectivity index (χ1) is 14.0. The predicted octanol–water partition coefficient (Wildman–Crippen LogP) is 5.17. The Morgan fingerprint density at radius 1 is 0.933 bits per heavy atom. The van der Waals surface area contributed by atoms with Gasteiger partial charge in [-0.1, -0.05) is 24.3 Å². The quantitative estimate of drug-likeness (QED) is 0.429. The summed E-state index contributed by atoms with van der Waals surface area (Å²) in [5, 5.41) is 8.81. The van der Waals surface area contributed by atoms with E-state index in [9.17, 15) is 26.3 Å². The van der Waals surface area contributed by atoms with Gasteiger partial charge in [0.25, 0.3) is 0 Å². The van der Waals surface area contributed by atoms with Crippen molar-refractivity contribution in [3.8, 4) is 0 Å². The zero-order valence-corrected chi connectivity index (χ0v) is 15.7. The molecule has 0 amide bonds. The van der Waals surface area contributed by atoms with E-state index in [0.717, 1.165) is 18.2 Å². The van der Waals surface area contributed by atoms with Crippen molar-refractivity contribution in [3.05, 3.63) is 71.5 Å². The van der Waals surface area contributed by atoms with E-state index in [1.165, 1.54) is 41.3 Å². The second-order valence-electron chi connectivity index (χ2n) is 6.09. The molecule has 3 aromatic rings. The molecule has 0 unspecified atom stereocenters. The van der Waals surface area contributed by atoms with Gasteiger partial charge in [-0.3, -0.25) is 5.32 Å². The van der Waals surface area contributed by atoms with E-state index in [-0.39, 0.29) is 23.3 Å². The fourth-order valence-corrected chi connectivity index (χ4v) is 2.76. The van der Waals surface area contributed by atoms with Crippen molar-refractivity contribution in [1.82, 2.24) is 14.8 Å². The van der Waals surface area contributed by atoms with Gasteiger partial charge in [0, 0.05) is 0 Å². The summed E-state index contributed by atoms with van der Waals surface area (Å²) in [5.41, 5.74) is -1.57. The topological polar surface area (TPSA) is 54.8 Å². The Hall–Kier alpha value is -3.15. The molecule has 5 nitrogen and oxygen atoms in total. The third-order valence-corrected chi connectivity index (χ3v) is 4.05. The summed E-state index contributed by atoms with van der Waals surface area (Å²) in [7, 11) is 0. The van der Waals surface area contributed by atoms with Crippen LogP contribution in [0.2, 0.25) is 0 Å². The highest BCUT2D eigenvalue weighted by molar-refractivity contribution is 7.80. The average molecular weight is 445 g/mol. The molecule has 0 fully saturated rings. The summed E-state index contributed by atoms with van der Waals surface area (Å²) < 4.78 is 78.8. The minimum absolute atomic E-state index is 0.00962. The van der Waals surface area contributed by atoms with E-state index < -0.39 is 23.5 Å². The smallest absolute Gasteiger partial charge is 0.332 e. The number of hydrogen-bond donors (Lipinski definition) is 2. The molecule has 0 aliphatic carbocycles. The maximum absolute atomic E-state index is 13.0. The number of aromatic nitrogens is 3. The number of rotatable bonds is 4. The van der Waals surface area contributed by atoms with Crippen LogP contribution in [-0.4, -0.2) is 19.9 Å². The molecule has 30 heavy (non-hydrogen) atoms. The first kappa shape index (κ1) is 21.6. The van der Waals surface area contributed by atoms with Crippen molar-refractivity contribution in [1.29, 1.82) is 0 Å². The lowest BCUT2D eigenvalue weighted by atomic mass is 10.1. The molecular formula is C18H13F6N5S. The highest BCUT2D eigenvalue weighted by Gasteiger charge is 2.33. The Bertz CT molecular complexity index is 1040. The summed E-state index contributed by atoms with van der Waals surface area (Å²) in [6, 6.07) is 9.54. The van der Waals surface area contributed by atoms with Crippen LogP contribution in [0.1, 0.15) is 16.7 Å². The summed E-state index contributed by atoms with van der Waals surface area (Å²) in [4.78, 5) is 3.91. The molecule has 2 aromatic carbocycles. The minimum atomic E-state index is -4.57. The van der Waals surface area contributed by atoms with Gasteiger partial charge in [0.1, 0.15) is 6.33 Å². The second-order valence-corrected chi connectivity index (χ2v) is 6.49. The maximum Gasteiger partial charge on any atom is 0.418 e. The molecular weight excluding hydrogens is 432 g/mol. The fourth-order valence-electron chi connectivity index (χ4n) is 2.56. The Kier molecular flexibility index (Phi) is 5.97. The molecule has 0 saturated heterocycles. The summed E-state index contributed by atoms with van der Waals surface area (Å²) in [6.07, 6.45) is -7.77. The van der Waals surface area contributed by atoms with Crippen molar-refractivity contribution >= 4 is 29.0 Å². The normalized spacial score (nSPS) is 11.9. The Morgan fingerprint density at radius 2 is 1.67 bits per heavy atom. The van der Waals surface area contributed by atoms with Crippen molar-refractivity contribution in [2.45, 2.75) is 18.9 Å². The van der Waals surface area contributed by atoms with E-state index in [2.05, 4.69) is 20.7 Å². The van der Waals surface area contributed by atoms with E-state index >= 15 is 0 Å². The number of hydrogen-bond acceptors (Lipinski definition) is 3. The van der Waals surface area contributed by atoms with Gasteiger partial charge in [0.15, 0.2) is 5.11 Å². The minimum Gasteiger partial charge on any atom is -0.332 e. The third-order valence-electron chi connectivity index (χ3n) is 3.84. The van der Waals surface area contributed by atoms with Crippen molar-refractivity contribution in [3.63, 3.8) is 0 Å². The molecule has 3 rings (SSSR count). The lowest BCUT2D eigenvalue weighted by Gasteiger charge is -2.14. The third kappa shape index (κ3) is 5.47. The average Bonchev–Trinajstić information content (AvgIpc) is 3.07. The lowest BCUT2D eigenvalue weighted by Crippen LogP contribution is -2.22. The van der Waals surface area contributed by atoms with Crippen LogP contribution in [0, 0.1) is 0 Å². The monoisotopic (exact) mass is 445 g/mol. The summed E-state index contributed by atoms with van der Waals surface area (Å²) in [6.45, 7) is 0.00962. The van der Waals surface area contributed by atoms with Crippen LogP contribution >= 0.6 is 12.2 Å². The second kappa shape index (κ2) is 8.30. The Labute approximate surface area is 171 Å². The molecule has 0 saturated carbocycles. The van der Waals surface area contributed by atoms with E-state index in [1.807, 2.05) is 0 Å². The Balaban J connectivity index is 1.66. The van der Waals surface area contributed by atoms with Crippen molar-refractivity contribution < 1.29 is 26.3 Å². The molecule has 0 radical (unpaired) electrons. The van der Waals surface area contributed by atoms with Crippen LogP contribution in [0.3, 0.4) is 0 Å². The van der Waals surface area contributed by atoms with Crippen molar-refractivity contribution in [2.75, 3.05) is 10.6 Å². The zero-order chi connectivity index (χ0) is 21.9. The van der Waals surface area contributed by atoms with Gasteiger partial charge < -0.3 is 5.32 Å². The fraction of sp³-hybridized carbons (Fsp3) is 0.167.